The maximum Gasteiger partial charge on any atom is 0.147 e. The molecule has 4 heteroatoms. The van der Waals surface area contributed by atoms with Crippen molar-refractivity contribution in [2.75, 3.05) is 11.9 Å². The molecule has 0 aliphatic carbocycles. The van der Waals surface area contributed by atoms with E-state index in [-0.39, 0.29) is 0 Å². The first-order chi connectivity index (χ1) is 7.34. The third kappa shape index (κ3) is 2.80. The van der Waals surface area contributed by atoms with Gasteiger partial charge in [-0.3, -0.25) is 9.67 Å². The summed E-state index contributed by atoms with van der Waals surface area (Å²) < 4.78 is 1.78. The lowest BCUT2D eigenvalue weighted by Gasteiger charge is -2.01. The van der Waals surface area contributed by atoms with Gasteiger partial charge in [0.05, 0.1) is 0 Å². The average molecular weight is 202 g/mol. The number of nitrogens with one attached hydrogen (secondary N) is 1. The molecule has 0 fully saturated rings. The van der Waals surface area contributed by atoms with Gasteiger partial charge in [0, 0.05) is 44.2 Å². The maximum absolute atomic E-state index is 4.25. The van der Waals surface area contributed by atoms with E-state index in [0.29, 0.717) is 0 Å². The Kier molecular flexibility index (Phi) is 2.97. The monoisotopic (exact) mass is 202 g/mol. The van der Waals surface area contributed by atoms with E-state index in [2.05, 4.69) is 15.4 Å². The minimum absolute atomic E-state index is 0.855. The van der Waals surface area contributed by atoms with Gasteiger partial charge in [-0.05, 0) is 12.1 Å². The van der Waals surface area contributed by atoms with Gasteiger partial charge in [0.25, 0.3) is 0 Å². The molecule has 2 heterocycles. The first-order valence-electron chi connectivity index (χ1n) is 4.98. The highest BCUT2D eigenvalue weighted by molar-refractivity contribution is 5.32. The van der Waals surface area contributed by atoms with Crippen LogP contribution in [0.3, 0.4) is 0 Å². The Morgan fingerprint density at radius 1 is 1.33 bits per heavy atom. The lowest BCUT2D eigenvalue weighted by Crippen LogP contribution is -2.06. The average Bonchev–Trinajstić information content (AvgIpc) is 2.66. The highest BCUT2D eigenvalue weighted by atomic mass is 15.3. The van der Waals surface area contributed by atoms with Crippen LogP contribution in [0.2, 0.25) is 0 Å². The summed E-state index contributed by atoms with van der Waals surface area (Å²) in [5.74, 6) is 0.911. The summed E-state index contributed by atoms with van der Waals surface area (Å²) in [6, 6.07) is 7.91. The Balaban J connectivity index is 1.80. The summed E-state index contributed by atoms with van der Waals surface area (Å²) >= 11 is 0. The van der Waals surface area contributed by atoms with E-state index in [4.69, 9.17) is 0 Å². The van der Waals surface area contributed by atoms with E-state index in [1.54, 1.807) is 4.68 Å². The molecule has 78 valence electrons. The number of aromatic nitrogens is 3. The number of nitrogens with zero attached hydrogens (tertiary/aromatic N) is 3. The molecular weight excluding hydrogens is 188 g/mol. The maximum atomic E-state index is 4.25. The van der Waals surface area contributed by atoms with Crippen molar-refractivity contribution in [2.24, 2.45) is 7.05 Å². The lowest BCUT2D eigenvalue weighted by molar-refractivity contribution is 0.767. The number of aryl methyl sites for hydroxylation is 1. The summed E-state index contributed by atoms with van der Waals surface area (Å²) in [7, 11) is 1.91. The van der Waals surface area contributed by atoms with Crippen LogP contribution in [0.5, 0.6) is 0 Å². The van der Waals surface area contributed by atoms with Crippen molar-refractivity contribution in [1.29, 1.82) is 0 Å². The fourth-order valence-electron chi connectivity index (χ4n) is 1.37. The fourth-order valence-corrected chi connectivity index (χ4v) is 1.37. The van der Waals surface area contributed by atoms with Crippen LogP contribution >= 0.6 is 0 Å². The van der Waals surface area contributed by atoms with Crippen LogP contribution < -0.4 is 5.32 Å². The van der Waals surface area contributed by atoms with Crippen LogP contribution in [-0.2, 0) is 13.5 Å². The van der Waals surface area contributed by atoms with Gasteiger partial charge in [0.1, 0.15) is 5.82 Å². The summed E-state index contributed by atoms with van der Waals surface area (Å²) in [6.45, 7) is 0.855. The summed E-state index contributed by atoms with van der Waals surface area (Å²) in [6.07, 6.45) is 4.65. The van der Waals surface area contributed by atoms with Crippen LogP contribution in [0.25, 0.3) is 0 Å². The second kappa shape index (κ2) is 4.59. The Labute approximate surface area is 89.0 Å². The second-order valence-corrected chi connectivity index (χ2v) is 3.37. The predicted octanol–water partition coefficient (Wildman–Crippen LogP) is 1.47. The van der Waals surface area contributed by atoms with Crippen molar-refractivity contribution in [3.63, 3.8) is 0 Å². The molecule has 0 atom stereocenters. The zero-order valence-electron chi connectivity index (χ0n) is 8.72. The van der Waals surface area contributed by atoms with E-state index >= 15 is 0 Å². The third-order valence-electron chi connectivity index (χ3n) is 2.13. The summed E-state index contributed by atoms with van der Waals surface area (Å²) in [5.41, 5.74) is 1.10. The van der Waals surface area contributed by atoms with Crippen molar-refractivity contribution in [3.8, 4) is 0 Å². The van der Waals surface area contributed by atoms with Crippen molar-refractivity contribution >= 4 is 5.82 Å². The van der Waals surface area contributed by atoms with Crippen LogP contribution in [0.4, 0.5) is 5.82 Å². The van der Waals surface area contributed by atoms with Crippen LogP contribution in [0.1, 0.15) is 5.69 Å². The first kappa shape index (κ1) is 9.71. The van der Waals surface area contributed by atoms with Crippen molar-refractivity contribution in [3.05, 3.63) is 42.4 Å². The van der Waals surface area contributed by atoms with Gasteiger partial charge in [0.2, 0.25) is 0 Å². The van der Waals surface area contributed by atoms with E-state index in [1.165, 1.54) is 0 Å². The lowest BCUT2D eigenvalue weighted by atomic mass is 10.3. The fraction of sp³-hybridized carbons (Fsp3) is 0.273. The van der Waals surface area contributed by atoms with Gasteiger partial charge in [-0.15, -0.1) is 0 Å². The number of pyridine rings is 1. The molecule has 0 unspecified atom stereocenters. The molecule has 2 rings (SSSR count). The van der Waals surface area contributed by atoms with Crippen molar-refractivity contribution in [2.45, 2.75) is 6.42 Å². The molecule has 0 aromatic carbocycles. The van der Waals surface area contributed by atoms with E-state index in [1.807, 2.05) is 43.7 Å². The van der Waals surface area contributed by atoms with Crippen LogP contribution in [0, 0.1) is 0 Å². The Hall–Kier alpha value is -1.84. The molecule has 2 aromatic rings. The van der Waals surface area contributed by atoms with Gasteiger partial charge < -0.3 is 5.32 Å². The molecule has 0 saturated heterocycles. The van der Waals surface area contributed by atoms with Gasteiger partial charge in [-0.25, -0.2) is 0 Å². The van der Waals surface area contributed by atoms with Gasteiger partial charge >= 0.3 is 0 Å². The highest BCUT2D eigenvalue weighted by Gasteiger charge is 1.96. The number of rotatable bonds is 4. The number of hydrogen-bond donors (Lipinski definition) is 1. The largest absolute Gasteiger partial charge is 0.368 e. The molecular formula is C11H14N4. The molecule has 0 aliphatic heterocycles. The zero-order valence-corrected chi connectivity index (χ0v) is 8.72. The standard InChI is InChI=1S/C11H14N4/c1-15-9-6-11(14-15)13-8-5-10-4-2-3-7-12-10/h2-4,6-7,9H,5,8H2,1H3,(H,13,14). The van der Waals surface area contributed by atoms with Crippen LogP contribution in [0.15, 0.2) is 36.7 Å². The molecule has 2 aromatic heterocycles. The number of anilines is 1. The minimum Gasteiger partial charge on any atom is -0.368 e. The van der Waals surface area contributed by atoms with Gasteiger partial charge in [0.15, 0.2) is 0 Å². The van der Waals surface area contributed by atoms with E-state index in [0.717, 1.165) is 24.5 Å². The molecule has 0 bridgehead atoms. The zero-order chi connectivity index (χ0) is 10.5. The van der Waals surface area contributed by atoms with E-state index in [9.17, 15) is 0 Å². The summed E-state index contributed by atoms with van der Waals surface area (Å²) in [4.78, 5) is 4.25. The van der Waals surface area contributed by atoms with Gasteiger partial charge in [-0.1, -0.05) is 6.07 Å². The highest BCUT2D eigenvalue weighted by Crippen LogP contribution is 2.01. The first-order valence-corrected chi connectivity index (χ1v) is 4.98. The van der Waals surface area contributed by atoms with Crippen molar-refractivity contribution < 1.29 is 0 Å². The molecule has 4 nitrogen and oxygen atoms in total. The SMILES string of the molecule is Cn1ccc(NCCc2ccccn2)n1. The molecule has 15 heavy (non-hydrogen) atoms. The quantitative estimate of drug-likeness (QED) is 0.816. The molecule has 0 amide bonds. The molecule has 0 saturated carbocycles. The van der Waals surface area contributed by atoms with Gasteiger partial charge in [-0.2, -0.15) is 5.10 Å². The Morgan fingerprint density at radius 3 is 2.93 bits per heavy atom. The molecule has 0 aliphatic rings. The predicted molar refractivity (Wildman–Crippen MR) is 59.6 cm³/mol. The molecule has 0 spiro atoms. The smallest absolute Gasteiger partial charge is 0.147 e. The number of hydrogen-bond acceptors (Lipinski definition) is 3. The van der Waals surface area contributed by atoms with Crippen molar-refractivity contribution in [1.82, 2.24) is 14.8 Å². The Morgan fingerprint density at radius 2 is 2.27 bits per heavy atom. The molecule has 0 radical (unpaired) electrons. The minimum atomic E-state index is 0.855. The third-order valence-corrected chi connectivity index (χ3v) is 2.13. The molecule has 1 N–H and O–H groups in total. The second-order valence-electron chi connectivity index (χ2n) is 3.37. The van der Waals surface area contributed by atoms with E-state index < -0.39 is 0 Å². The van der Waals surface area contributed by atoms with Crippen LogP contribution in [-0.4, -0.2) is 21.3 Å². The normalized spacial score (nSPS) is 10.2. The summed E-state index contributed by atoms with van der Waals surface area (Å²) in [5, 5.41) is 7.47. The topological polar surface area (TPSA) is 42.7 Å². The Bertz CT molecular complexity index is 408.